The molecule has 6 nitrogen and oxygen atoms in total. The summed E-state index contributed by atoms with van der Waals surface area (Å²) >= 11 is 0. The van der Waals surface area contributed by atoms with Gasteiger partial charge < -0.3 is 28.4 Å². The summed E-state index contributed by atoms with van der Waals surface area (Å²) in [6.45, 7) is 4.42. The average Bonchev–Trinajstić information content (AvgIpc) is 3.06. The Kier molecular flexibility index (Phi) is 6.42. The highest BCUT2D eigenvalue weighted by atomic mass is 16.5. The molecule has 2 aromatic rings. The van der Waals surface area contributed by atoms with Gasteiger partial charge in [0.1, 0.15) is 0 Å². The molecule has 1 fully saturated rings. The third-order valence-electron chi connectivity index (χ3n) is 5.83. The van der Waals surface area contributed by atoms with Crippen molar-refractivity contribution in [3.8, 4) is 28.7 Å². The summed E-state index contributed by atoms with van der Waals surface area (Å²) in [7, 11) is 8.12. The minimum Gasteiger partial charge on any atom is -0.493 e. The summed E-state index contributed by atoms with van der Waals surface area (Å²) in [5.41, 5.74) is 2.07. The maximum Gasteiger partial charge on any atom is 0.203 e. The topological polar surface area (TPSA) is 55.4 Å². The number of hydrogen-bond donors (Lipinski definition) is 0. The van der Waals surface area contributed by atoms with Crippen molar-refractivity contribution in [3.63, 3.8) is 0 Å². The summed E-state index contributed by atoms with van der Waals surface area (Å²) in [4.78, 5) is 0. The summed E-state index contributed by atoms with van der Waals surface area (Å²) in [6.07, 6.45) is -0.161. The van der Waals surface area contributed by atoms with E-state index < -0.39 is 0 Å². The van der Waals surface area contributed by atoms with Gasteiger partial charge in [-0.25, -0.2) is 0 Å². The SMILES string of the molecule is COc1ccc([C@H]2O[C@@H](c3cc(OC)c(OC)c(OC)c3)[C@H](C)[C@@H]2C)cc1OC. The molecule has 0 amide bonds. The molecular weight excluding hydrogens is 372 g/mol. The normalized spacial score (nSPS) is 23.6. The molecule has 1 aliphatic heterocycles. The molecule has 1 aliphatic rings. The fourth-order valence-electron chi connectivity index (χ4n) is 4.02. The summed E-state index contributed by atoms with van der Waals surface area (Å²) < 4.78 is 33.9. The highest BCUT2D eigenvalue weighted by Gasteiger charge is 2.41. The molecule has 6 heteroatoms. The van der Waals surface area contributed by atoms with Gasteiger partial charge in [0.25, 0.3) is 0 Å². The van der Waals surface area contributed by atoms with Crippen molar-refractivity contribution in [2.45, 2.75) is 26.1 Å². The number of benzene rings is 2. The van der Waals surface area contributed by atoms with Gasteiger partial charge in [-0.2, -0.15) is 0 Å². The van der Waals surface area contributed by atoms with Crippen LogP contribution in [0.5, 0.6) is 28.7 Å². The smallest absolute Gasteiger partial charge is 0.203 e. The molecule has 0 bridgehead atoms. The van der Waals surface area contributed by atoms with Crippen LogP contribution < -0.4 is 23.7 Å². The fourth-order valence-corrected chi connectivity index (χ4v) is 4.02. The lowest BCUT2D eigenvalue weighted by Crippen LogP contribution is -2.10. The molecule has 0 unspecified atom stereocenters. The quantitative estimate of drug-likeness (QED) is 0.662. The van der Waals surface area contributed by atoms with Crippen molar-refractivity contribution in [3.05, 3.63) is 41.5 Å². The zero-order valence-corrected chi connectivity index (χ0v) is 18.1. The van der Waals surface area contributed by atoms with Crippen LogP contribution in [0.2, 0.25) is 0 Å². The van der Waals surface area contributed by atoms with Crippen LogP contribution >= 0.6 is 0 Å². The second kappa shape index (κ2) is 8.82. The summed E-state index contributed by atoms with van der Waals surface area (Å²) in [5.74, 6) is 3.82. The standard InChI is InChI=1S/C23H30O6/c1-13-14(2)22(16-11-19(26-5)23(28-7)20(12-16)27-6)29-21(13)15-8-9-17(24-3)18(10-15)25-4/h8-14,21-22H,1-7H3/t13-,14+,21-,22+/m0/s1. The highest BCUT2D eigenvalue weighted by Crippen LogP contribution is 2.52. The van der Waals surface area contributed by atoms with Gasteiger partial charge in [-0.05, 0) is 47.2 Å². The average molecular weight is 402 g/mol. The van der Waals surface area contributed by atoms with Crippen molar-refractivity contribution in [1.82, 2.24) is 0 Å². The van der Waals surface area contributed by atoms with Gasteiger partial charge >= 0.3 is 0 Å². The predicted octanol–water partition coefficient (Wildman–Crippen LogP) is 4.81. The maximum absolute atomic E-state index is 6.56. The second-order valence-corrected chi connectivity index (χ2v) is 7.27. The number of ether oxygens (including phenoxy) is 6. The monoisotopic (exact) mass is 402 g/mol. The number of hydrogen-bond acceptors (Lipinski definition) is 6. The Balaban J connectivity index is 1.96. The van der Waals surface area contributed by atoms with Gasteiger partial charge in [-0.1, -0.05) is 19.9 Å². The first-order chi connectivity index (χ1) is 14.0. The molecule has 0 saturated carbocycles. The molecule has 0 N–H and O–H groups in total. The van der Waals surface area contributed by atoms with Gasteiger partial charge in [0.2, 0.25) is 5.75 Å². The van der Waals surface area contributed by atoms with Crippen LogP contribution in [0, 0.1) is 11.8 Å². The molecule has 3 rings (SSSR count). The Bertz CT molecular complexity index is 824. The van der Waals surface area contributed by atoms with Gasteiger partial charge in [0.05, 0.1) is 47.8 Å². The van der Waals surface area contributed by atoms with Gasteiger partial charge in [0.15, 0.2) is 23.0 Å². The first-order valence-corrected chi connectivity index (χ1v) is 9.66. The molecule has 2 aromatic carbocycles. The van der Waals surface area contributed by atoms with Crippen LogP contribution in [0.25, 0.3) is 0 Å². The van der Waals surface area contributed by atoms with E-state index in [0.717, 1.165) is 11.1 Å². The Morgan fingerprint density at radius 3 is 1.55 bits per heavy atom. The fraction of sp³-hybridized carbons (Fsp3) is 0.478. The van der Waals surface area contributed by atoms with E-state index in [-0.39, 0.29) is 18.1 Å². The molecule has 0 radical (unpaired) electrons. The third-order valence-corrected chi connectivity index (χ3v) is 5.83. The van der Waals surface area contributed by atoms with Crippen molar-refractivity contribution < 1.29 is 28.4 Å². The van der Waals surface area contributed by atoms with Crippen molar-refractivity contribution in [1.29, 1.82) is 0 Å². The minimum atomic E-state index is -0.100. The van der Waals surface area contributed by atoms with E-state index in [2.05, 4.69) is 13.8 Å². The molecular formula is C23H30O6. The van der Waals surface area contributed by atoms with Crippen LogP contribution in [0.4, 0.5) is 0 Å². The zero-order chi connectivity index (χ0) is 21.1. The largest absolute Gasteiger partial charge is 0.493 e. The predicted molar refractivity (Wildman–Crippen MR) is 111 cm³/mol. The van der Waals surface area contributed by atoms with Crippen LogP contribution in [-0.4, -0.2) is 35.5 Å². The molecule has 0 aromatic heterocycles. The van der Waals surface area contributed by atoms with Crippen LogP contribution in [0.3, 0.4) is 0 Å². The van der Waals surface area contributed by atoms with Crippen LogP contribution in [-0.2, 0) is 4.74 Å². The molecule has 158 valence electrons. The van der Waals surface area contributed by atoms with E-state index in [0.29, 0.717) is 34.7 Å². The van der Waals surface area contributed by atoms with E-state index in [1.54, 1.807) is 35.5 Å². The van der Waals surface area contributed by atoms with Gasteiger partial charge in [-0.3, -0.25) is 0 Å². The van der Waals surface area contributed by atoms with E-state index >= 15 is 0 Å². The van der Waals surface area contributed by atoms with Gasteiger partial charge in [0, 0.05) is 0 Å². The molecule has 0 aliphatic carbocycles. The number of rotatable bonds is 7. The van der Waals surface area contributed by atoms with Gasteiger partial charge in [-0.15, -0.1) is 0 Å². The molecule has 4 atom stereocenters. The zero-order valence-electron chi connectivity index (χ0n) is 18.1. The van der Waals surface area contributed by atoms with Crippen molar-refractivity contribution >= 4 is 0 Å². The molecule has 1 saturated heterocycles. The van der Waals surface area contributed by atoms with Crippen LogP contribution in [0.1, 0.15) is 37.2 Å². The lowest BCUT2D eigenvalue weighted by molar-refractivity contribution is 0.0286. The minimum absolute atomic E-state index is 0.0612. The third kappa shape index (κ3) is 3.81. The van der Waals surface area contributed by atoms with E-state index in [1.165, 1.54) is 0 Å². The molecule has 29 heavy (non-hydrogen) atoms. The second-order valence-electron chi connectivity index (χ2n) is 7.27. The first kappa shape index (κ1) is 21.1. The maximum atomic E-state index is 6.56. The Labute approximate surface area is 172 Å². The Hall–Kier alpha value is -2.60. The van der Waals surface area contributed by atoms with Crippen molar-refractivity contribution in [2.24, 2.45) is 11.8 Å². The van der Waals surface area contributed by atoms with Crippen LogP contribution in [0.15, 0.2) is 30.3 Å². The lowest BCUT2D eigenvalue weighted by Gasteiger charge is -2.20. The van der Waals surface area contributed by atoms with E-state index in [1.807, 2.05) is 30.3 Å². The first-order valence-electron chi connectivity index (χ1n) is 9.66. The molecule has 0 spiro atoms. The highest BCUT2D eigenvalue weighted by molar-refractivity contribution is 5.54. The summed E-state index contributed by atoms with van der Waals surface area (Å²) in [6, 6.07) is 9.87. The molecule has 1 heterocycles. The Morgan fingerprint density at radius 2 is 1.07 bits per heavy atom. The number of methoxy groups -OCH3 is 5. The van der Waals surface area contributed by atoms with E-state index in [4.69, 9.17) is 28.4 Å². The Morgan fingerprint density at radius 1 is 0.586 bits per heavy atom. The van der Waals surface area contributed by atoms with Crippen molar-refractivity contribution in [2.75, 3.05) is 35.5 Å². The summed E-state index contributed by atoms with van der Waals surface area (Å²) in [5, 5.41) is 0. The lowest BCUT2D eigenvalue weighted by atomic mass is 9.85. The van der Waals surface area contributed by atoms with E-state index in [9.17, 15) is 0 Å².